The molecular formula is C14H5Cl4F4IN2S. The molecule has 0 amide bonds. The molecule has 0 fully saturated rings. The van der Waals surface area contributed by atoms with Crippen molar-refractivity contribution >= 4 is 80.8 Å². The van der Waals surface area contributed by atoms with Crippen LogP contribution in [0.3, 0.4) is 0 Å². The van der Waals surface area contributed by atoms with E-state index in [1.165, 1.54) is 10.8 Å². The summed E-state index contributed by atoms with van der Waals surface area (Å²) in [5.74, 6) is 0. The topological polar surface area (TPSA) is 28.7 Å². The Morgan fingerprint density at radius 2 is 1.69 bits per heavy atom. The van der Waals surface area contributed by atoms with Crippen LogP contribution in [0.5, 0.6) is 0 Å². The van der Waals surface area contributed by atoms with Crippen molar-refractivity contribution < 1.29 is 17.6 Å². The molecule has 26 heavy (non-hydrogen) atoms. The van der Waals surface area contributed by atoms with Crippen LogP contribution in [0.4, 0.5) is 17.6 Å². The van der Waals surface area contributed by atoms with Gasteiger partial charge in [-0.15, -0.1) is 0 Å². The molecule has 1 aromatic carbocycles. The molecule has 1 aromatic heterocycles. The first-order valence-corrected chi connectivity index (χ1v) is 10.3. The van der Waals surface area contributed by atoms with E-state index in [1.807, 2.05) is 28.7 Å². The highest BCUT2D eigenvalue weighted by Gasteiger charge is 2.33. The van der Waals surface area contributed by atoms with Crippen LogP contribution in [0.1, 0.15) is 16.8 Å². The molecule has 2 rings (SSSR count). The van der Waals surface area contributed by atoms with Crippen molar-refractivity contribution in [3.63, 3.8) is 0 Å². The molecule has 0 aliphatic heterocycles. The Morgan fingerprint density at radius 1 is 1.15 bits per heavy atom. The van der Waals surface area contributed by atoms with Gasteiger partial charge in [-0.25, -0.2) is 0 Å². The van der Waals surface area contributed by atoms with E-state index >= 15 is 0 Å². The minimum Gasteiger partial charge on any atom is -0.315 e. The number of alkyl halides is 7. The summed E-state index contributed by atoms with van der Waals surface area (Å²) in [6.45, 7) is 0. The quantitative estimate of drug-likeness (QED) is 0.161. The fraction of sp³-hybridized carbons (Fsp3) is 0.214. The summed E-state index contributed by atoms with van der Waals surface area (Å²) < 4.78 is 51.2. The van der Waals surface area contributed by atoms with Crippen molar-refractivity contribution in [2.24, 2.45) is 0 Å². The van der Waals surface area contributed by atoms with Crippen molar-refractivity contribution in [1.82, 2.24) is 4.57 Å². The largest absolute Gasteiger partial charge is 0.416 e. The average Bonchev–Trinajstić information content (AvgIpc) is 2.80. The molecule has 12 heteroatoms. The Morgan fingerprint density at radius 3 is 2.08 bits per heavy atom. The van der Waals surface area contributed by atoms with E-state index in [0.717, 1.165) is 12.1 Å². The number of benzene rings is 1. The Balaban J connectivity index is 2.72. The van der Waals surface area contributed by atoms with Crippen LogP contribution in [0, 0.1) is 11.3 Å². The second-order valence-electron chi connectivity index (χ2n) is 4.76. The fourth-order valence-electron chi connectivity index (χ4n) is 2.13. The SMILES string of the molecule is N#Cc1c(SC(F)(Cl)Cl)cn(-c2c(Cl)cc(C(F)(F)F)cc2Cl)c1CI. The molecular weight excluding hydrogens is 573 g/mol. The smallest absolute Gasteiger partial charge is 0.315 e. The van der Waals surface area contributed by atoms with Gasteiger partial charge in [0.05, 0.1) is 32.6 Å². The van der Waals surface area contributed by atoms with Gasteiger partial charge >= 0.3 is 10.1 Å². The maximum Gasteiger partial charge on any atom is 0.416 e. The summed E-state index contributed by atoms with van der Waals surface area (Å²) in [7, 11) is 0. The van der Waals surface area contributed by atoms with Gasteiger partial charge in [-0.1, -0.05) is 69.0 Å². The number of thioether (sulfide) groups is 1. The molecule has 0 bridgehead atoms. The lowest BCUT2D eigenvalue weighted by molar-refractivity contribution is -0.137. The van der Waals surface area contributed by atoms with Gasteiger partial charge < -0.3 is 4.57 Å². The average molecular weight is 578 g/mol. The number of nitrogens with zero attached hydrogens (tertiary/aromatic N) is 2. The number of aromatic nitrogens is 1. The van der Waals surface area contributed by atoms with Gasteiger partial charge in [-0.3, -0.25) is 0 Å². The number of rotatable bonds is 4. The zero-order chi connectivity index (χ0) is 19.9. The van der Waals surface area contributed by atoms with Crippen molar-refractivity contribution in [3.8, 4) is 11.8 Å². The molecule has 0 saturated heterocycles. The second-order valence-corrected chi connectivity index (χ2v) is 9.23. The van der Waals surface area contributed by atoms with Gasteiger partial charge in [0.15, 0.2) is 0 Å². The maximum absolute atomic E-state index is 13.6. The Labute approximate surface area is 183 Å². The zero-order valence-electron chi connectivity index (χ0n) is 12.1. The molecule has 0 aliphatic carbocycles. The standard InChI is InChI=1S/C14H5Cl4F4IN2S/c15-8-1-6(13(19,20)21)2-9(16)12(8)25-5-11(26-14(17,18)22)7(4-24)10(25)3-23/h1-2,5H,3H2. The number of hydrogen-bond acceptors (Lipinski definition) is 2. The first-order chi connectivity index (χ1) is 11.9. The monoisotopic (exact) mass is 576 g/mol. The molecule has 0 unspecified atom stereocenters. The van der Waals surface area contributed by atoms with E-state index in [2.05, 4.69) is 0 Å². The summed E-state index contributed by atoms with van der Waals surface area (Å²) in [4.78, 5) is 0.0960. The molecule has 0 N–H and O–H groups in total. The first-order valence-electron chi connectivity index (χ1n) is 6.41. The first kappa shape index (κ1) is 22.2. The van der Waals surface area contributed by atoms with E-state index in [0.29, 0.717) is 17.5 Å². The van der Waals surface area contributed by atoms with Gasteiger partial charge in [-0.05, 0) is 23.9 Å². The summed E-state index contributed by atoms with van der Waals surface area (Å²) in [6, 6.07) is 3.35. The lowest BCUT2D eigenvalue weighted by Crippen LogP contribution is -2.07. The van der Waals surface area contributed by atoms with E-state index in [9.17, 15) is 22.8 Å². The Bertz CT molecular complexity index is 864. The number of halogens is 9. The highest BCUT2D eigenvalue weighted by molar-refractivity contribution is 14.1. The van der Waals surface area contributed by atoms with Gasteiger partial charge in [0.25, 0.3) is 0 Å². The van der Waals surface area contributed by atoms with Crippen LogP contribution >= 0.6 is 80.8 Å². The maximum atomic E-state index is 13.6. The third-order valence-electron chi connectivity index (χ3n) is 3.12. The fourth-order valence-corrected chi connectivity index (χ4v) is 4.72. The van der Waals surface area contributed by atoms with Crippen LogP contribution < -0.4 is 0 Å². The highest BCUT2D eigenvalue weighted by atomic mass is 127. The van der Waals surface area contributed by atoms with Crippen LogP contribution in [0.15, 0.2) is 23.2 Å². The Hall–Kier alpha value is -0.0500. The molecule has 1 heterocycles. The molecule has 2 nitrogen and oxygen atoms in total. The highest BCUT2D eigenvalue weighted by Crippen LogP contribution is 2.46. The molecule has 0 aliphatic rings. The molecule has 0 saturated carbocycles. The van der Waals surface area contributed by atoms with Gasteiger partial charge in [0.2, 0.25) is 0 Å². The number of nitriles is 1. The predicted molar refractivity (Wildman–Crippen MR) is 105 cm³/mol. The normalized spacial score (nSPS) is 12.3. The van der Waals surface area contributed by atoms with Crippen molar-refractivity contribution in [3.05, 3.63) is 45.2 Å². The molecule has 0 atom stereocenters. The van der Waals surface area contributed by atoms with Crippen LogP contribution in [0.25, 0.3) is 5.69 Å². The Kier molecular flexibility index (Phi) is 6.96. The molecule has 140 valence electrons. The number of hydrogen-bond donors (Lipinski definition) is 0. The van der Waals surface area contributed by atoms with E-state index < -0.39 is 15.7 Å². The van der Waals surface area contributed by atoms with Gasteiger partial charge in [0.1, 0.15) is 6.07 Å². The van der Waals surface area contributed by atoms with E-state index in [-0.39, 0.29) is 30.6 Å². The van der Waals surface area contributed by atoms with E-state index in [4.69, 9.17) is 46.4 Å². The summed E-state index contributed by atoms with van der Waals surface area (Å²) in [5.41, 5.74) is -0.555. The van der Waals surface area contributed by atoms with Crippen LogP contribution in [-0.4, -0.2) is 8.49 Å². The zero-order valence-corrected chi connectivity index (χ0v) is 18.1. The minimum absolute atomic E-state index is 0.0324. The molecule has 2 aromatic rings. The second kappa shape index (κ2) is 8.13. The minimum atomic E-state index is -4.63. The summed E-state index contributed by atoms with van der Waals surface area (Å²) >= 11 is 25.0. The van der Waals surface area contributed by atoms with Crippen molar-refractivity contribution in [2.75, 3.05) is 0 Å². The lowest BCUT2D eigenvalue weighted by atomic mass is 10.2. The third kappa shape index (κ3) is 4.86. The van der Waals surface area contributed by atoms with Crippen molar-refractivity contribution in [2.45, 2.75) is 19.4 Å². The van der Waals surface area contributed by atoms with Crippen LogP contribution in [-0.2, 0) is 10.6 Å². The summed E-state index contributed by atoms with van der Waals surface area (Å²) in [6.07, 6.45) is -3.32. The summed E-state index contributed by atoms with van der Waals surface area (Å²) in [5, 5.41) is 8.81. The van der Waals surface area contributed by atoms with Gasteiger partial charge in [0, 0.05) is 15.5 Å². The van der Waals surface area contributed by atoms with Gasteiger partial charge in [-0.2, -0.15) is 22.8 Å². The van der Waals surface area contributed by atoms with E-state index in [1.54, 1.807) is 0 Å². The third-order valence-corrected chi connectivity index (χ3v) is 5.64. The van der Waals surface area contributed by atoms with Crippen molar-refractivity contribution in [1.29, 1.82) is 5.26 Å². The molecule has 0 spiro atoms. The lowest BCUT2D eigenvalue weighted by Gasteiger charge is -2.15. The van der Waals surface area contributed by atoms with Crippen LogP contribution in [0.2, 0.25) is 10.0 Å². The predicted octanol–water partition coefficient (Wildman–Crippen LogP) is 7.76. The molecule has 0 radical (unpaired) electrons.